The lowest BCUT2D eigenvalue weighted by Crippen LogP contribution is -2.35. The maximum atomic E-state index is 12.0. The molecule has 0 saturated heterocycles. The quantitative estimate of drug-likeness (QED) is 0.858. The van der Waals surface area contributed by atoms with Crippen LogP contribution in [0.2, 0.25) is 0 Å². The Morgan fingerprint density at radius 2 is 2.06 bits per heavy atom. The summed E-state index contributed by atoms with van der Waals surface area (Å²) in [5, 5.41) is 8.72. The first-order chi connectivity index (χ1) is 8.47. The fraction of sp³-hybridized carbons (Fsp3) is 0.500. The summed E-state index contributed by atoms with van der Waals surface area (Å²) in [5.41, 5.74) is 0. The zero-order valence-electron chi connectivity index (χ0n) is 10.7. The minimum atomic E-state index is -1.17. The average Bonchev–Trinajstić information content (AvgIpc) is 2.83. The van der Waals surface area contributed by atoms with Gasteiger partial charge < -0.3 is 14.4 Å². The van der Waals surface area contributed by atoms with Gasteiger partial charge in [0.25, 0.3) is 5.91 Å². The van der Waals surface area contributed by atoms with Crippen molar-refractivity contribution in [2.75, 3.05) is 19.1 Å². The van der Waals surface area contributed by atoms with Gasteiger partial charge in [0.1, 0.15) is 0 Å². The summed E-state index contributed by atoms with van der Waals surface area (Å²) in [6, 6.07) is 2.77. The van der Waals surface area contributed by atoms with Crippen molar-refractivity contribution in [3.8, 4) is 0 Å². The topological polar surface area (TPSA) is 70.8 Å². The third kappa shape index (κ3) is 3.53. The van der Waals surface area contributed by atoms with Crippen molar-refractivity contribution in [3.05, 3.63) is 23.7 Å². The Balaban J connectivity index is 2.70. The van der Waals surface area contributed by atoms with Crippen LogP contribution in [0, 0.1) is 0 Å². The van der Waals surface area contributed by atoms with E-state index in [-0.39, 0.29) is 23.5 Å². The van der Waals surface area contributed by atoms with Crippen molar-refractivity contribution < 1.29 is 19.1 Å². The van der Waals surface area contributed by atoms with Gasteiger partial charge in [0.2, 0.25) is 5.76 Å². The predicted octanol–water partition coefficient (Wildman–Crippen LogP) is 2.19. The Kier molecular flexibility index (Phi) is 5.27. The van der Waals surface area contributed by atoms with Gasteiger partial charge in [-0.25, -0.2) is 4.79 Å². The highest BCUT2D eigenvalue weighted by molar-refractivity contribution is 7.98. The fourth-order valence-corrected chi connectivity index (χ4v) is 2.00. The minimum Gasteiger partial charge on any atom is -0.475 e. The number of carboxylic acid groups (broad SMARTS) is 1. The van der Waals surface area contributed by atoms with E-state index in [1.54, 1.807) is 23.7 Å². The highest BCUT2D eigenvalue weighted by Gasteiger charge is 2.21. The Bertz CT molecular complexity index is 429. The van der Waals surface area contributed by atoms with E-state index >= 15 is 0 Å². The first-order valence-electron chi connectivity index (χ1n) is 5.56. The number of carbonyl (C=O) groups excluding carboxylic acids is 1. The van der Waals surface area contributed by atoms with Crippen molar-refractivity contribution >= 4 is 23.6 Å². The molecular formula is C12H17NO4S. The second kappa shape index (κ2) is 6.49. The van der Waals surface area contributed by atoms with E-state index in [4.69, 9.17) is 9.52 Å². The molecule has 0 aliphatic rings. The van der Waals surface area contributed by atoms with Crippen molar-refractivity contribution in [3.63, 3.8) is 0 Å². The van der Waals surface area contributed by atoms with Crippen LogP contribution in [0.3, 0.4) is 0 Å². The first-order valence-corrected chi connectivity index (χ1v) is 6.96. The zero-order chi connectivity index (χ0) is 13.7. The lowest BCUT2D eigenvalue weighted by atomic mass is 10.2. The molecule has 1 rings (SSSR count). The summed E-state index contributed by atoms with van der Waals surface area (Å²) in [4.78, 5) is 24.2. The molecule has 0 radical (unpaired) electrons. The third-order valence-electron chi connectivity index (χ3n) is 2.75. The number of amides is 1. The molecule has 0 bridgehead atoms. The number of aromatic carboxylic acids is 1. The number of hydrogen-bond donors (Lipinski definition) is 1. The summed E-state index contributed by atoms with van der Waals surface area (Å²) in [6.07, 6.45) is 2.90. The molecule has 1 aromatic rings. The molecule has 0 fully saturated rings. The summed E-state index contributed by atoms with van der Waals surface area (Å²) >= 11 is 1.72. The molecule has 1 aromatic heterocycles. The zero-order valence-corrected chi connectivity index (χ0v) is 11.5. The van der Waals surface area contributed by atoms with Crippen LogP contribution in [0.25, 0.3) is 0 Å². The second-order valence-electron chi connectivity index (χ2n) is 4.02. The Morgan fingerprint density at radius 1 is 1.44 bits per heavy atom. The molecule has 6 heteroatoms. The molecule has 1 amide bonds. The summed E-state index contributed by atoms with van der Waals surface area (Å²) in [7, 11) is 1.69. The van der Waals surface area contributed by atoms with Gasteiger partial charge in [0.05, 0.1) is 0 Å². The normalized spacial score (nSPS) is 12.2. The minimum absolute atomic E-state index is 0.0610. The highest BCUT2D eigenvalue weighted by atomic mass is 32.2. The van der Waals surface area contributed by atoms with E-state index in [2.05, 4.69) is 0 Å². The fourth-order valence-electron chi connectivity index (χ4n) is 1.42. The summed E-state index contributed by atoms with van der Waals surface area (Å²) in [5.74, 6) is -0.658. The molecule has 1 heterocycles. The monoisotopic (exact) mass is 271 g/mol. The molecule has 18 heavy (non-hydrogen) atoms. The van der Waals surface area contributed by atoms with E-state index in [1.807, 2.05) is 13.2 Å². The first kappa shape index (κ1) is 14.6. The average molecular weight is 271 g/mol. The number of rotatable bonds is 6. The molecule has 1 unspecified atom stereocenters. The van der Waals surface area contributed by atoms with Gasteiger partial charge in [-0.3, -0.25) is 4.79 Å². The van der Waals surface area contributed by atoms with Crippen LogP contribution in [0.5, 0.6) is 0 Å². The van der Waals surface area contributed by atoms with Crippen LogP contribution in [0.1, 0.15) is 34.5 Å². The molecule has 0 saturated carbocycles. The van der Waals surface area contributed by atoms with Gasteiger partial charge in [0, 0.05) is 13.1 Å². The van der Waals surface area contributed by atoms with Gasteiger partial charge in [-0.15, -0.1) is 0 Å². The smallest absolute Gasteiger partial charge is 0.371 e. The van der Waals surface area contributed by atoms with Gasteiger partial charge >= 0.3 is 5.97 Å². The van der Waals surface area contributed by atoms with Crippen molar-refractivity contribution in [2.45, 2.75) is 19.4 Å². The predicted molar refractivity (Wildman–Crippen MR) is 70.2 cm³/mol. The van der Waals surface area contributed by atoms with Crippen LogP contribution < -0.4 is 0 Å². The number of carboxylic acids is 1. The lowest BCUT2D eigenvalue weighted by molar-refractivity contribution is 0.0647. The van der Waals surface area contributed by atoms with Crippen molar-refractivity contribution in [1.29, 1.82) is 0 Å². The number of carbonyl (C=O) groups is 2. The molecule has 0 spiro atoms. The Labute approximate surface area is 110 Å². The van der Waals surface area contributed by atoms with E-state index in [1.165, 1.54) is 12.1 Å². The van der Waals surface area contributed by atoms with Crippen LogP contribution >= 0.6 is 11.8 Å². The molecule has 1 atom stereocenters. The maximum Gasteiger partial charge on any atom is 0.371 e. The molecular weight excluding hydrogens is 254 g/mol. The van der Waals surface area contributed by atoms with Crippen LogP contribution in [0.4, 0.5) is 0 Å². The van der Waals surface area contributed by atoms with Crippen LogP contribution in [-0.4, -0.2) is 47.0 Å². The van der Waals surface area contributed by atoms with Crippen molar-refractivity contribution in [2.24, 2.45) is 0 Å². The lowest BCUT2D eigenvalue weighted by Gasteiger charge is -2.23. The second-order valence-corrected chi connectivity index (χ2v) is 5.00. The molecule has 0 aliphatic heterocycles. The molecule has 100 valence electrons. The third-order valence-corrected chi connectivity index (χ3v) is 3.39. The molecule has 5 nitrogen and oxygen atoms in total. The van der Waals surface area contributed by atoms with E-state index < -0.39 is 5.97 Å². The van der Waals surface area contributed by atoms with Gasteiger partial charge in [0.15, 0.2) is 5.76 Å². The number of furan rings is 1. The molecule has 1 N–H and O–H groups in total. The van der Waals surface area contributed by atoms with Crippen molar-refractivity contribution in [1.82, 2.24) is 4.90 Å². The van der Waals surface area contributed by atoms with E-state index in [0.29, 0.717) is 0 Å². The number of hydrogen-bond acceptors (Lipinski definition) is 4. The molecule has 0 aliphatic carbocycles. The SMILES string of the molecule is CSCCC(C)N(C)C(=O)c1ccc(C(=O)O)o1. The van der Waals surface area contributed by atoms with Gasteiger partial charge in [-0.1, -0.05) is 0 Å². The number of nitrogens with zero attached hydrogens (tertiary/aromatic N) is 1. The van der Waals surface area contributed by atoms with Crippen LogP contribution in [-0.2, 0) is 0 Å². The Morgan fingerprint density at radius 3 is 2.56 bits per heavy atom. The van der Waals surface area contributed by atoms with E-state index in [0.717, 1.165) is 12.2 Å². The largest absolute Gasteiger partial charge is 0.475 e. The standard InChI is InChI=1S/C12H17NO4S/c1-8(6-7-18-3)13(2)11(14)9-4-5-10(17-9)12(15)16/h4-5,8H,6-7H2,1-3H3,(H,15,16). The van der Waals surface area contributed by atoms with Crippen LogP contribution in [0.15, 0.2) is 16.5 Å². The maximum absolute atomic E-state index is 12.0. The summed E-state index contributed by atoms with van der Waals surface area (Å²) < 4.78 is 4.99. The Hall–Kier alpha value is -1.43. The van der Waals surface area contributed by atoms with Gasteiger partial charge in [-0.2, -0.15) is 11.8 Å². The van der Waals surface area contributed by atoms with E-state index in [9.17, 15) is 9.59 Å². The number of thioether (sulfide) groups is 1. The summed E-state index contributed by atoms with van der Waals surface area (Å²) in [6.45, 7) is 1.95. The van der Waals surface area contributed by atoms with Gasteiger partial charge in [-0.05, 0) is 37.5 Å². The highest BCUT2D eigenvalue weighted by Crippen LogP contribution is 2.13. The molecule has 0 aromatic carbocycles.